The SMILES string of the molecule is CCCCCCCCCCCCCCCCCC[PH](CCC)(CCCCCCCCCCCCCCCCCC)CCCCCCCCCCCCCCCCCC. The van der Waals surface area contributed by atoms with Gasteiger partial charge in [-0.05, 0) is 0 Å². The van der Waals surface area contributed by atoms with E-state index in [1.807, 2.05) is 0 Å². The van der Waals surface area contributed by atoms with E-state index in [-0.39, 0.29) is 0 Å². The minimum atomic E-state index is -1.12. The average molecular weight is 836 g/mol. The van der Waals surface area contributed by atoms with Crippen molar-refractivity contribution in [2.75, 3.05) is 24.6 Å². The van der Waals surface area contributed by atoms with Crippen LogP contribution in [-0.4, -0.2) is 24.6 Å². The molecule has 0 aromatic carbocycles. The van der Waals surface area contributed by atoms with Crippen molar-refractivity contribution in [3.05, 3.63) is 0 Å². The van der Waals surface area contributed by atoms with Gasteiger partial charge in [-0.2, -0.15) is 0 Å². The zero-order valence-electron chi connectivity index (χ0n) is 42.0. The van der Waals surface area contributed by atoms with Crippen molar-refractivity contribution in [3.63, 3.8) is 0 Å². The molecule has 0 saturated carbocycles. The van der Waals surface area contributed by atoms with Crippen molar-refractivity contribution in [1.82, 2.24) is 0 Å². The van der Waals surface area contributed by atoms with Crippen LogP contribution in [-0.2, 0) is 0 Å². The Morgan fingerprint density at radius 2 is 0.276 bits per heavy atom. The van der Waals surface area contributed by atoms with Gasteiger partial charge in [0.25, 0.3) is 0 Å². The van der Waals surface area contributed by atoms with E-state index in [1.54, 1.807) is 43.9 Å². The van der Waals surface area contributed by atoms with Gasteiger partial charge in [-0.25, -0.2) is 0 Å². The quantitative estimate of drug-likeness (QED) is 0.0423. The standard InChI is InChI=1S/C57H119P/c1-5-9-12-15-18-21-24-27-30-33-36-39-42-45-48-51-55-58(54-8-4,56-52-49-46-43-40-37-34-31-28-25-22-19-16-13-10-6-2)57-53-50-47-44-41-38-35-32-29-26-23-20-17-14-11-7-3/h58H,5-57H2,1-4H3. The first kappa shape index (κ1) is 58.4. The Morgan fingerprint density at radius 1 is 0.138 bits per heavy atom. The molecule has 0 atom stereocenters. The molecule has 0 radical (unpaired) electrons. The van der Waals surface area contributed by atoms with E-state index in [9.17, 15) is 0 Å². The van der Waals surface area contributed by atoms with Crippen molar-refractivity contribution in [1.29, 1.82) is 0 Å². The summed E-state index contributed by atoms with van der Waals surface area (Å²) in [5, 5.41) is 0. The second-order valence-electron chi connectivity index (χ2n) is 20.4. The molecule has 0 aromatic heterocycles. The average Bonchev–Trinajstić information content (AvgIpc) is 3.23. The fourth-order valence-electron chi connectivity index (χ4n) is 10.4. The van der Waals surface area contributed by atoms with Crippen molar-refractivity contribution in [2.45, 2.75) is 342 Å². The first-order chi connectivity index (χ1) is 28.7. The fraction of sp³-hybridized carbons (Fsp3) is 1.00. The summed E-state index contributed by atoms with van der Waals surface area (Å²) in [5.41, 5.74) is 0. The van der Waals surface area contributed by atoms with Gasteiger partial charge in [0, 0.05) is 0 Å². The van der Waals surface area contributed by atoms with Crippen LogP contribution in [0.4, 0.5) is 0 Å². The Morgan fingerprint density at radius 3 is 0.414 bits per heavy atom. The molecule has 0 aliphatic carbocycles. The van der Waals surface area contributed by atoms with Gasteiger partial charge < -0.3 is 0 Å². The predicted molar refractivity (Wildman–Crippen MR) is 277 cm³/mol. The zero-order chi connectivity index (χ0) is 42.0. The maximum absolute atomic E-state index is 2.52. The number of hydrogen-bond donors (Lipinski definition) is 0. The molecule has 0 bridgehead atoms. The third-order valence-corrected chi connectivity index (χ3v) is 20.3. The van der Waals surface area contributed by atoms with E-state index in [2.05, 4.69) is 27.7 Å². The van der Waals surface area contributed by atoms with E-state index < -0.39 is 7.26 Å². The predicted octanol–water partition coefficient (Wildman–Crippen LogP) is 21.9. The molecule has 1 heteroatoms. The summed E-state index contributed by atoms with van der Waals surface area (Å²) >= 11 is 0. The second-order valence-corrected chi connectivity index (χ2v) is 25.4. The molecule has 0 heterocycles. The van der Waals surface area contributed by atoms with Crippen LogP contribution in [0.5, 0.6) is 0 Å². The van der Waals surface area contributed by atoms with E-state index >= 15 is 0 Å². The molecule has 0 spiro atoms. The van der Waals surface area contributed by atoms with Crippen LogP contribution in [0.3, 0.4) is 0 Å². The molecule has 0 rings (SSSR count). The minimum Gasteiger partial charge on any atom is -0.0654 e. The maximum atomic E-state index is 2.52. The van der Waals surface area contributed by atoms with E-state index in [0.717, 1.165) is 0 Å². The van der Waals surface area contributed by atoms with Crippen LogP contribution in [0.2, 0.25) is 0 Å². The topological polar surface area (TPSA) is 0 Å². The molecule has 352 valence electrons. The van der Waals surface area contributed by atoms with E-state index in [0.29, 0.717) is 0 Å². The Labute approximate surface area is 372 Å². The van der Waals surface area contributed by atoms with Gasteiger partial charge in [0.05, 0.1) is 0 Å². The summed E-state index contributed by atoms with van der Waals surface area (Å²) in [6.45, 7) is 9.50. The Hall–Kier alpha value is 0.430. The third kappa shape index (κ3) is 45.9. The molecule has 0 saturated heterocycles. The Kier molecular flexibility index (Phi) is 52.2. The van der Waals surface area contributed by atoms with Crippen LogP contribution in [0.15, 0.2) is 0 Å². The summed E-state index contributed by atoms with van der Waals surface area (Å²) in [6, 6.07) is 0. The molecule has 0 unspecified atom stereocenters. The Balaban J connectivity index is 4.30. The first-order valence-corrected chi connectivity index (χ1v) is 31.6. The smallest absolute Gasteiger partial charge is 0.0654 e. The van der Waals surface area contributed by atoms with Crippen LogP contribution in [0.25, 0.3) is 0 Å². The molecular weight excluding hydrogens is 716 g/mol. The van der Waals surface area contributed by atoms with Gasteiger partial charge >= 0.3 is 257 Å². The van der Waals surface area contributed by atoms with Crippen LogP contribution in [0, 0.1) is 0 Å². The van der Waals surface area contributed by atoms with Gasteiger partial charge in [-0.3, -0.25) is 0 Å². The summed E-state index contributed by atoms with van der Waals surface area (Å²) < 4.78 is 0. The van der Waals surface area contributed by atoms with Gasteiger partial charge in [-0.1, -0.05) is 117 Å². The molecule has 0 aliphatic rings. The molecule has 0 aliphatic heterocycles. The van der Waals surface area contributed by atoms with Gasteiger partial charge in [0.1, 0.15) is 0 Å². The molecule has 0 fully saturated rings. The first-order valence-electron chi connectivity index (χ1n) is 28.7. The third-order valence-electron chi connectivity index (χ3n) is 14.5. The monoisotopic (exact) mass is 835 g/mol. The fourth-order valence-corrected chi connectivity index (χ4v) is 16.0. The summed E-state index contributed by atoms with van der Waals surface area (Å²) in [7, 11) is -1.12. The van der Waals surface area contributed by atoms with Crippen LogP contribution >= 0.6 is 7.26 Å². The van der Waals surface area contributed by atoms with Crippen molar-refractivity contribution in [2.24, 2.45) is 0 Å². The van der Waals surface area contributed by atoms with Crippen LogP contribution < -0.4 is 0 Å². The number of hydrogen-bond acceptors (Lipinski definition) is 0. The number of unbranched alkanes of at least 4 members (excludes halogenated alkanes) is 45. The molecule has 58 heavy (non-hydrogen) atoms. The van der Waals surface area contributed by atoms with Crippen molar-refractivity contribution < 1.29 is 0 Å². The minimum absolute atomic E-state index is 1.12. The molecule has 0 amide bonds. The summed E-state index contributed by atoms with van der Waals surface area (Å²) in [5.74, 6) is 0. The van der Waals surface area contributed by atoms with E-state index in [4.69, 9.17) is 0 Å². The zero-order valence-corrected chi connectivity index (χ0v) is 43.0. The van der Waals surface area contributed by atoms with Crippen molar-refractivity contribution >= 4 is 7.26 Å². The van der Waals surface area contributed by atoms with Gasteiger partial charge in [0.2, 0.25) is 0 Å². The number of rotatable bonds is 53. The van der Waals surface area contributed by atoms with E-state index in [1.165, 1.54) is 295 Å². The van der Waals surface area contributed by atoms with Gasteiger partial charge in [0.15, 0.2) is 0 Å². The van der Waals surface area contributed by atoms with Crippen LogP contribution in [0.1, 0.15) is 342 Å². The molecule has 0 aromatic rings. The van der Waals surface area contributed by atoms with Crippen molar-refractivity contribution in [3.8, 4) is 0 Å². The van der Waals surface area contributed by atoms with Gasteiger partial charge in [-0.15, -0.1) is 0 Å². The molecule has 0 nitrogen and oxygen atoms in total. The summed E-state index contributed by atoms with van der Waals surface area (Å²) in [6.07, 6.45) is 79.8. The molecule has 0 N–H and O–H groups in total. The second kappa shape index (κ2) is 51.8. The Bertz CT molecular complexity index is 611. The molecular formula is C57H119P. The summed E-state index contributed by atoms with van der Waals surface area (Å²) in [4.78, 5) is 0. The normalized spacial score (nSPS) is 12.3.